The van der Waals surface area contributed by atoms with Crippen molar-refractivity contribution in [2.24, 2.45) is 0 Å². The fourth-order valence-corrected chi connectivity index (χ4v) is 3.70. The summed E-state index contributed by atoms with van der Waals surface area (Å²) in [6.45, 7) is 9.72. The molecule has 4 aromatic rings. The minimum atomic E-state index is -0.467. The molecular formula is C24H23Cl2N5O3. The molecule has 34 heavy (non-hydrogen) atoms. The smallest absolute Gasteiger partial charge is 0.277 e. The van der Waals surface area contributed by atoms with Crippen LogP contribution < -0.4 is 10.3 Å². The monoisotopic (exact) mass is 499 g/mol. The Labute approximate surface area is 206 Å². The lowest BCUT2D eigenvalue weighted by atomic mass is 9.95. The zero-order valence-electron chi connectivity index (χ0n) is 19.4. The van der Waals surface area contributed by atoms with Crippen molar-refractivity contribution >= 4 is 23.2 Å². The van der Waals surface area contributed by atoms with Crippen molar-refractivity contribution in [2.75, 3.05) is 0 Å². The lowest BCUT2D eigenvalue weighted by Gasteiger charge is -2.17. The first-order chi connectivity index (χ1) is 16.0. The summed E-state index contributed by atoms with van der Waals surface area (Å²) in [6.07, 6.45) is 4.67. The van der Waals surface area contributed by atoms with Crippen LogP contribution in [-0.4, -0.2) is 24.5 Å². The molecule has 0 aliphatic heterocycles. The van der Waals surface area contributed by atoms with Crippen LogP contribution in [0.4, 0.5) is 0 Å². The molecule has 0 saturated carbocycles. The van der Waals surface area contributed by atoms with Gasteiger partial charge in [-0.25, -0.2) is 15.0 Å². The Balaban J connectivity index is 1.73. The molecule has 0 atom stereocenters. The van der Waals surface area contributed by atoms with Gasteiger partial charge in [-0.2, -0.15) is 0 Å². The zero-order valence-corrected chi connectivity index (χ0v) is 20.9. The number of aryl methyl sites for hydroxylation is 2. The van der Waals surface area contributed by atoms with E-state index >= 15 is 0 Å². The van der Waals surface area contributed by atoms with E-state index in [4.69, 9.17) is 32.4 Å². The second-order valence-electron chi connectivity index (χ2n) is 8.79. The first kappa shape index (κ1) is 23.9. The summed E-state index contributed by atoms with van der Waals surface area (Å²) in [6, 6.07) is 5.15. The molecule has 4 aromatic heterocycles. The van der Waals surface area contributed by atoms with E-state index in [-0.39, 0.29) is 22.8 Å². The molecule has 0 aliphatic rings. The van der Waals surface area contributed by atoms with Gasteiger partial charge in [0.05, 0.1) is 22.1 Å². The Bertz CT molecular complexity index is 1420. The lowest BCUT2D eigenvalue weighted by molar-refractivity contribution is 0.300. The van der Waals surface area contributed by atoms with Crippen molar-refractivity contribution in [3.63, 3.8) is 0 Å². The van der Waals surface area contributed by atoms with E-state index in [2.05, 4.69) is 19.9 Å². The average Bonchev–Trinajstić information content (AvgIpc) is 3.21. The largest absolute Gasteiger partial charge is 0.485 e. The van der Waals surface area contributed by atoms with Crippen LogP contribution in [0.5, 0.6) is 5.75 Å². The number of hydrogen-bond acceptors (Lipinski definition) is 7. The third kappa shape index (κ3) is 4.83. The predicted octanol–water partition coefficient (Wildman–Crippen LogP) is 5.48. The van der Waals surface area contributed by atoms with Gasteiger partial charge in [-0.15, -0.1) is 0 Å². The van der Waals surface area contributed by atoms with Crippen molar-refractivity contribution < 1.29 is 9.15 Å². The molecule has 0 saturated heterocycles. The standard InChI is InChI=1S/C24H23Cl2N5O3/c1-13-8-20(34-12-15-11-33-14(2)29-15)21(26)22(32)31(13)19-9-18(28-10-16(19)25)17-6-7-27-23(30-17)24(3,4)5/h6-11H,12H2,1-5H3. The van der Waals surface area contributed by atoms with Crippen LogP contribution >= 0.6 is 23.2 Å². The highest BCUT2D eigenvalue weighted by Crippen LogP contribution is 2.29. The van der Waals surface area contributed by atoms with Crippen LogP contribution in [-0.2, 0) is 12.0 Å². The van der Waals surface area contributed by atoms with Crippen LogP contribution in [0.25, 0.3) is 17.1 Å². The number of oxazole rings is 1. The number of hydrogen-bond donors (Lipinski definition) is 0. The SMILES string of the molecule is Cc1nc(COc2cc(C)n(-c3cc(-c4ccnc(C(C)(C)C)n4)ncc3Cl)c(=O)c2Cl)co1. The Morgan fingerprint density at radius 1 is 1.09 bits per heavy atom. The maximum atomic E-state index is 13.2. The Morgan fingerprint density at radius 3 is 2.53 bits per heavy atom. The number of halogens is 2. The van der Waals surface area contributed by atoms with Gasteiger partial charge in [0, 0.05) is 36.5 Å². The maximum Gasteiger partial charge on any atom is 0.277 e. The van der Waals surface area contributed by atoms with Crippen molar-refractivity contribution in [3.8, 4) is 22.8 Å². The normalized spacial score (nSPS) is 11.6. The molecular weight excluding hydrogens is 477 g/mol. The summed E-state index contributed by atoms with van der Waals surface area (Å²) in [4.78, 5) is 30.8. The quantitative estimate of drug-likeness (QED) is 0.358. The summed E-state index contributed by atoms with van der Waals surface area (Å²) >= 11 is 12.8. The maximum absolute atomic E-state index is 13.2. The van der Waals surface area contributed by atoms with Crippen molar-refractivity contribution in [1.29, 1.82) is 0 Å². The van der Waals surface area contributed by atoms with Gasteiger partial charge in [0.25, 0.3) is 5.56 Å². The highest BCUT2D eigenvalue weighted by Gasteiger charge is 2.20. The first-order valence-corrected chi connectivity index (χ1v) is 11.3. The molecule has 0 fully saturated rings. The topological polar surface area (TPSA) is 95.9 Å². The summed E-state index contributed by atoms with van der Waals surface area (Å²) < 4.78 is 12.3. The van der Waals surface area contributed by atoms with Crippen molar-refractivity contribution in [2.45, 2.75) is 46.6 Å². The molecule has 176 valence electrons. The predicted molar refractivity (Wildman–Crippen MR) is 130 cm³/mol. The first-order valence-electron chi connectivity index (χ1n) is 10.5. The second kappa shape index (κ2) is 9.19. The van der Waals surface area contributed by atoms with Crippen LogP contribution in [0, 0.1) is 13.8 Å². The molecule has 4 rings (SSSR count). The van der Waals surface area contributed by atoms with E-state index in [1.807, 2.05) is 20.8 Å². The molecule has 4 heterocycles. The van der Waals surface area contributed by atoms with Gasteiger partial charge in [0.2, 0.25) is 0 Å². The van der Waals surface area contributed by atoms with Crippen LogP contribution in [0.2, 0.25) is 10.0 Å². The molecule has 0 bridgehead atoms. The molecule has 8 nitrogen and oxygen atoms in total. The zero-order chi connectivity index (χ0) is 24.6. The van der Waals surface area contributed by atoms with Crippen LogP contribution in [0.3, 0.4) is 0 Å². The van der Waals surface area contributed by atoms with Crippen molar-refractivity contribution in [1.82, 2.24) is 24.5 Å². The molecule has 0 N–H and O–H groups in total. The third-order valence-corrected chi connectivity index (χ3v) is 5.65. The van der Waals surface area contributed by atoms with Gasteiger partial charge in [0.15, 0.2) is 5.89 Å². The molecule has 0 spiro atoms. The number of nitrogens with zero attached hydrogens (tertiary/aromatic N) is 5. The van der Waals surface area contributed by atoms with Gasteiger partial charge in [-0.1, -0.05) is 44.0 Å². The molecule has 0 amide bonds. The summed E-state index contributed by atoms with van der Waals surface area (Å²) in [5.74, 6) is 1.46. The Kier molecular flexibility index (Phi) is 6.47. The lowest BCUT2D eigenvalue weighted by Crippen LogP contribution is -2.22. The fourth-order valence-electron chi connectivity index (χ4n) is 3.31. The number of aromatic nitrogens is 5. The third-order valence-electron chi connectivity index (χ3n) is 5.01. The van der Waals surface area contributed by atoms with Gasteiger partial charge >= 0.3 is 0 Å². The van der Waals surface area contributed by atoms with Gasteiger partial charge in [-0.3, -0.25) is 14.3 Å². The van der Waals surface area contributed by atoms with E-state index in [1.165, 1.54) is 17.0 Å². The average molecular weight is 500 g/mol. The summed E-state index contributed by atoms with van der Waals surface area (Å²) in [5, 5.41) is 0.221. The molecule has 0 aliphatic carbocycles. The van der Waals surface area contributed by atoms with E-state index in [1.54, 1.807) is 38.2 Å². The number of ether oxygens (including phenoxy) is 1. The van der Waals surface area contributed by atoms with Gasteiger partial charge in [0.1, 0.15) is 35.2 Å². The molecule has 0 aromatic carbocycles. The minimum absolute atomic E-state index is 0.0719. The van der Waals surface area contributed by atoms with Gasteiger partial charge in [-0.05, 0) is 19.1 Å². The van der Waals surface area contributed by atoms with Crippen LogP contribution in [0.15, 0.2) is 46.1 Å². The Morgan fingerprint density at radius 2 is 1.85 bits per heavy atom. The van der Waals surface area contributed by atoms with E-state index in [0.29, 0.717) is 45.2 Å². The van der Waals surface area contributed by atoms with Crippen LogP contribution in [0.1, 0.15) is 43.9 Å². The molecule has 10 heteroatoms. The van der Waals surface area contributed by atoms with E-state index < -0.39 is 5.56 Å². The molecule has 0 unspecified atom stereocenters. The Hall–Kier alpha value is -3.23. The highest BCUT2D eigenvalue weighted by atomic mass is 35.5. The van der Waals surface area contributed by atoms with E-state index in [0.717, 1.165) is 0 Å². The summed E-state index contributed by atoms with van der Waals surface area (Å²) in [5.41, 5.74) is 2.09. The van der Waals surface area contributed by atoms with E-state index in [9.17, 15) is 4.79 Å². The fraction of sp³-hybridized carbons (Fsp3) is 0.292. The van der Waals surface area contributed by atoms with Gasteiger partial charge < -0.3 is 9.15 Å². The molecule has 0 radical (unpaired) electrons. The number of pyridine rings is 2. The highest BCUT2D eigenvalue weighted by molar-refractivity contribution is 6.33. The second-order valence-corrected chi connectivity index (χ2v) is 9.57. The van der Waals surface area contributed by atoms with Crippen molar-refractivity contribution in [3.05, 3.63) is 80.4 Å². The minimum Gasteiger partial charge on any atom is -0.485 e. The summed E-state index contributed by atoms with van der Waals surface area (Å²) in [7, 11) is 0. The number of rotatable bonds is 5.